The molecule has 12 heteroatoms. The number of aliphatic hydroxyl groups excluding tert-OH is 2. The molecule has 294 valence electrons. The highest BCUT2D eigenvalue weighted by Crippen LogP contribution is 2.62. The van der Waals surface area contributed by atoms with E-state index in [-0.39, 0.29) is 63.0 Å². The zero-order chi connectivity index (χ0) is 38.1. The highest BCUT2D eigenvalue weighted by Gasteiger charge is 2.65. The number of rotatable bonds is 20. The molecule has 6 rings (SSSR count). The molecule has 2 heterocycles. The monoisotopic (exact) mass is 749 g/mol. The normalized spacial score (nSPS) is 26.2. The van der Waals surface area contributed by atoms with E-state index in [0.717, 1.165) is 62.2 Å². The standard InChI is InChI=1S/C42H56FN3O8/c1-4-23-53-42-38(46(41(49)51-5-2)28-29-12-14-31(43)15-13-29)27-36(44-50-3)34-25-30(10-6-8-21-47)33(11-7-9-22-48)39(40(34)42)35-26-32(16-17-37(35)54-42)52-24-20-45-18-19-45/h4,12-17,25-26,30,33,38-40,47-48H,1,5-11,18-24,27-28H2,2-3H3. The maximum Gasteiger partial charge on any atom is 0.410 e. The minimum absolute atomic E-state index is 0.0851. The molecule has 2 aliphatic heterocycles. The lowest BCUT2D eigenvalue weighted by molar-refractivity contribution is -0.256. The van der Waals surface area contributed by atoms with Gasteiger partial charge in [0.2, 0.25) is 5.79 Å². The third-order valence-corrected chi connectivity index (χ3v) is 11.2. The van der Waals surface area contributed by atoms with E-state index in [1.807, 2.05) is 12.1 Å². The van der Waals surface area contributed by atoms with Crippen LogP contribution in [0.2, 0.25) is 0 Å². The van der Waals surface area contributed by atoms with E-state index in [1.165, 1.54) is 19.2 Å². The summed E-state index contributed by atoms with van der Waals surface area (Å²) in [6, 6.07) is 11.3. The Balaban J connectivity index is 1.55. The van der Waals surface area contributed by atoms with Gasteiger partial charge < -0.3 is 34.0 Å². The molecule has 54 heavy (non-hydrogen) atoms. The first kappa shape index (κ1) is 39.7. The van der Waals surface area contributed by atoms with Crippen LogP contribution in [0.1, 0.15) is 68.9 Å². The van der Waals surface area contributed by atoms with Crippen LogP contribution in [-0.2, 0) is 20.9 Å². The molecule has 2 N–H and O–H groups in total. The number of benzene rings is 2. The molecule has 1 saturated heterocycles. The van der Waals surface area contributed by atoms with Gasteiger partial charge in [0.25, 0.3) is 0 Å². The summed E-state index contributed by atoms with van der Waals surface area (Å²) in [6.45, 7) is 9.97. The molecule has 0 spiro atoms. The average molecular weight is 750 g/mol. The molecule has 0 bridgehead atoms. The number of oxime groups is 1. The highest BCUT2D eigenvalue weighted by atomic mass is 19.1. The van der Waals surface area contributed by atoms with Gasteiger partial charge in [0, 0.05) is 57.3 Å². The van der Waals surface area contributed by atoms with Gasteiger partial charge in [-0.3, -0.25) is 9.80 Å². The van der Waals surface area contributed by atoms with Crippen LogP contribution in [-0.4, -0.2) is 103 Å². The smallest absolute Gasteiger partial charge is 0.410 e. The third-order valence-electron chi connectivity index (χ3n) is 11.2. The first-order chi connectivity index (χ1) is 26.4. The van der Waals surface area contributed by atoms with Gasteiger partial charge in [-0.15, -0.1) is 6.58 Å². The Kier molecular flexibility index (Phi) is 13.7. The van der Waals surface area contributed by atoms with E-state index in [1.54, 1.807) is 30.0 Å². The van der Waals surface area contributed by atoms with Crippen LogP contribution in [0.25, 0.3) is 0 Å². The molecular weight excluding hydrogens is 693 g/mol. The van der Waals surface area contributed by atoms with Gasteiger partial charge in [0.1, 0.15) is 37.1 Å². The molecule has 6 unspecified atom stereocenters. The summed E-state index contributed by atoms with van der Waals surface area (Å²) < 4.78 is 40.3. The second-order valence-electron chi connectivity index (χ2n) is 14.6. The van der Waals surface area contributed by atoms with Gasteiger partial charge in [0.05, 0.1) is 24.8 Å². The van der Waals surface area contributed by atoms with Crippen LogP contribution in [0, 0.1) is 23.6 Å². The Bertz CT molecular complexity index is 1630. The molecule has 0 radical (unpaired) electrons. The molecule has 2 aromatic carbocycles. The zero-order valence-electron chi connectivity index (χ0n) is 31.7. The molecule has 2 fully saturated rings. The highest BCUT2D eigenvalue weighted by molar-refractivity contribution is 6.02. The summed E-state index contributed by atoms with van der Waals surface area (Å²) in [5.41, 5.74) is 3.33. The number of carbonyl (C=O) groups is 1. The Labute approximate surface area is 318 Å². The van der Waals surface area contributed by atoms with Gasteiger partial charge in [-0.05, 0) is 85.9 Å². The van der Waals surface area contributed by atoms with Crippen molar-refractivity contribution in [2.45, 2.75) is 76.2 Å². The van der Waals surface area contributed by atoms with E-state index in [0.29, 0.717) is 36.5 Å². The minimum atomic E-state index is -1.43. The van der Waals surface area contributed by atoms with Gasteiger partial charge in [0.15, 0.2) is 0 Å². The lowest BCUT2D eigenvalue weighted by Crippen LogP contribution is -2.70. The number of nitrogens with zero attached hydrogens (tertiary/aromatic N) is 3. The number of hydrogen-bond acceptors (Lipinski definition) is 10. The number of unbranched alkanes of at least 4 members (excludes halogenated alkanes) is 2. The van der Waals surface area contributed by atoms with E-state index >= 15 is 0 Å². The SMILES string of the molecule is C=CCOC12Oc3ccc(OCCN4CC4)cc3C3C(CCCCO)C(CCCCO)C=C(C(=NOC)CC1N(Cc1ccc(F)cc1)C(=O)OCC)C32. The molecule has 11 nitrogen and oxygen atoms in total. The first-order valence-electron chi connectivity index (χ1n) is 19.5. The van der Waals surface area contributed by atoms with E-state index in [2.05, 4.69) is 28.8 Å². The molecule has 2 aliphatic carbocycles. The molecule has 0 aromatic heterocycles. The van der Waals surface area contributed by atoms with Crippen molar-refractivity contribution in [3.63, 3.8) is 0 Å². The maximum absolute atomic E-state index is 14.1. The summed E-state index contributed by atoms with van der Waals surface area (Å²) in [4.78, 5) is 23.6. The molecule has 4 aliphatic rings. The van der Waals surface area contributed by atoms with E-state index in [9.17, 15) is 19.4 Å². The number of halogens is 1. The number of fused-ring (bicyclic) bond motifs is 2. The third kappa shape index (κ3) is 8.77. The number of ether oxygens (including phenoxy) is 4. The number of carbonyl (C=O) groups excluding carboxylic acids is 1. The Morgan fingerprint density at radius 3 is 2.56 bits per heavy atom. The van der Waals surface area contributed by atoms with E-state index in [4.69, 9.17) is 23.8 Å². The van der Waals surface area contributed by atoms with E-state index < -0.39 is 23.8 Å². The van der Waals surface area contributed by atoms with Crippen LogP contribution in [0.3, 0.4) is 0 Å². The Morgan fingerprint density at radius 1 is 1.11 bits per heavy atom. The lowest BCUT2D eigenvalue weighted by atomic mass is 9.55. The van der Waals surface area contributed by atoms with Crippen LogP contribution >= 0.6 is 0 Å². The van der Waals surface area contributed by atoms with Crippen LogP contribution < -0.4 is 9.47 Å². The van der Waals surface area contributed by atoms with Crippen molar-refractivity contribution in [3.05, 3.63) is 83.7 Å². The van der Waals surface area contributed by atoms with Crippen molar-refractivity contribution in [1.82, 2.24) is 9.80 Å². The molecule has 1 saturated carbocycles. The Hall–Kier alpha value is -3.97. The molecular formula is C42H56FN3O8. The van der Waals surface area contributed by atoms with Crippen LogP contribution in [0.15, 0.2) is 71.9 Å². The summed E-state index contributed by atoms with van der Waals surface area (Å²) >= 11 is 0. The average Bonchev–Trinajstić information content (AvgIpc) is 4.00. The van der Waals surface area contributed by atoms with Gasteiger partial charge in [-0.1, -0.05) is 42.3 Å². The fourth-order valence-corrected chi connectivity index (χ4v) is 8.73. The topological polar surface area (TPSA) is 122 Å². The van der Waals surface area contributed by atoms with Crippen molar-refractivity contribution in [3.8, 4) is 11.5 Å². The summed E-state index contributed by atoms with van der Waals surface area (Å²) in [5.74, 6) is -0.837. The number of allylic oxidation sites excluding steroid dienone is 1. The minimum Gasteiger partial charge on any atom is -0.492 e. The van der Waals surface area contributed by atoms with Gasteiger partial charge in [-0.25, -0.2) is 9.18 Å². The number of amides is 1. The Morgan fingerprint density at radius 2 is 1.87 bits per heavy atom. The quantitative estimate of drug-likeness (QED) is 0.0682. The van der Waals surface area contributed by atoms with Crippen molar-refractivity contribution in [2.24, 2.45) is 22.9 Å². The number of hydrogen-bond donors (Lipinski definition) is 2. The van der Waals surface area contributed by atoms with Gasteiger partial charge in [-0.2, -0.15) is 0 Å². The molecule has 6 atom stereocenters. The second kappa shape index (κ2) is 18.6. The van der Waals surface area contributed by atoms with Gasteiger partial charge >= 0.3 is 6.09 Å². The van der Waals surface area contributed by atoms with Crippen molar-refractivity contribution in [2.75, 3.05) is 59.8 Å². The van der Waals surface area contributed by atoms with Crippen molar-refractivity contribution >= 4 is 11.8 Å². The number of aliphatic hydroxyl groups is 2. The fourth-order valence-electron chi connectivity index (χ4n) is 8.73. The predicted molar refractivity (Wildman–Crippen MR) is 203 cm³/mol. The summed E-state index contributed by atoms with van der Waals surface area (Å²) in [7, 11) is 1.52. The fraction of sp³-hybridized carbons (Fsp3) is 0.571. The summed E-state index contributed by atoms with van der Waals surface area (Å²) in [5, 5.41) is 24.2. The maximum atomic E-state index is 14.1. The zero-order valence-corrected chi connectivity index (χ0v) is 31.7. The largest absolute Gasteiger partial charge is 0.492 e. The summed E-state index contributed by atoms with van der Waals surface area (Å²) in [6.07, 6.45) is 8.34. The predicted octanol–water partition coefficient (Wildman–Crippen LogP) is 6.44. The van der Waals surface area contributed by atoms with Crippen molar-refractivity contribution in [1.29, 1.82) is 0 Å². The lowest BCUT2D eigenvalue weighted by Gasteiger charge is -2.59. The first-order valence-corrected chi connectivity index (χ1v) is 19.5. The van der Waals surface area contributed by atoms with Crippen LogP contribution in [0.5, 0.6) is 11.5 Å². The van der Waals surface area contributed by atoms with Crippen LogP contribution in [0.4, 0.5) is 9.18 Å². The second-order valence-corrected chi connectivity index (χ2v) is 14.6. The molecule has 1 amide bonds. The van der Waals surface area contributed by atoms with Crippen molar-refractivity contribution < 1.29 is 43.2 Å². The molecule has 2 aromatic rings.